The van der Waals surface area contributed by atoms with E-state index in [-0.39, 0.29) is 12.1 Å². The topological polar surface area (TPSA) is 83.1 Å². The molecule has 0 saturated heterocycles. The Morgan fingerprint density at radius 1 is 1.08 bits per heavy atom. The second-order valence-corrected chi connectivity index (χ2v) is 5.66. The van der Waals surface area contributed by atoms with Gasteiger partial charge in [0, 0.05) is 5.69 Å². The molecule has 0 bridgehead atoms. The lowest BCUT2D eigenvalue weighted by Crippen LogP contribution is -2.31. The zero-order valence-corrected chi connectivity index (χ0v) is 14.0. The predicted molar refractivity (Wildman–Crippen MR) is 99.4 cm³/mol. The fourth-order valence-corrected chi connectivity index (χ4v) is 2.60. The van der Waals surface area contributed by atoms with E-state index in [9.17, 15) is 4.39 Å². The molecule has 0 spiro atoms. The highest BCUT2D eigenvalue weighted by atomic mass is 19.1. The highest BCUT2D eigenvalue weighted by molar-refractivity contribution is 5.73. The quantitative estimate of drug-likeness (QED) is 0.558. The number of halogens is 1. The summed E-state index contributed by atoms with van der Waals surface area (Å²) in [5, 5.41) is 12.5. The molecule has 0 aliphatic carbocycles. The van der Waals surface area contributed by atoms with Crippen molar-refractivity contribution >= 4 is 28.8 Å². The van der Waals surface area contributed by atoms with Gasteiger partial charge >= 0.3 is 0 Å². The molecule has 26 heavy (non-hydrogen) atoms. The predicted octanol–water partition coefficient (Wildman–Crippen LogP) is 3.60. The minimum absolute atomic E-state index is 0.319. The number of hydrogen-bond donors (Lipinski definition) is 4. The van der Waals surface area contributed by atoms with Gasteiger partial charge in [-0.2, -0.15) is 4.98 Å². The first kappa shape index (κ1) is 15.9. The van der Waals surface area contributed by atoms with Crippen LogP contribution >= 0.6 is 0 Å². The molecule has 0 radical (unpaired) electrons. The minimum Gasteiger partial charge on any atom is -0.497 e. The summed E-state index contributed by atoms with van der Waals surface area (Å²) in [5.41, 5.74) is 1.98. The van der Waals surface area contributed by atoms with Crippen molar-refractivity contribution in [3.63, 3.8) is 0 Å². The van der Waals surface area contributed by atoms with E-state index >= 15 is 0 Å². The Morgan fingerprint density at radius 3 is 2.65 bits per heavy atom. The molecule has 1 aliphatic rings. The lowest BCUT2D eigenvalue weighted by Gasteiger charge is -2.15. The van der Waals surface area contributed by atoms with Crippen molar-refractivity contribution in [1.29, 1.82) is 0 Å². The monoisotopic (exact) mass is 352 g/mol. The van der Waals surface area contributed by atoms with Crippen molar-refractivity contribution in [2.45, 2.75) is 6.29 Å². The van der Waals surface area contributed by atoms with Gasteiger partial charge in [-0.15, -0.1) is 0 Å². The van der Waals surface area contributed by atoms with Crippen LogP contribution in [0.25, 0.3) is 0 Å². The number of hydrogen-bond acceptors (Lipinski definition) is 7. The second-order valence-electron chi connectivity index (χ2n) is 5.66. The molecule has 3 aromatic rings. The third kappa shape index (κ3) is 3.30. The van der Waals surface area contributed by atoms with Crippen molar-refractivity contribution in [2.24, 2.45) is 0 Å². The summed E-state index contributed by atoms with van der Waals surface area (Å²) in [6.45, 7) is 0. The van der Waals surface area contributed by atoms with Crippen LogP contribution in [0.1, 0.15) is 0 Å². The van der Waals surface area contributed by atoms with Gasteiger partial charge in [0.25, 0.3) is 0 Å². The van der Waals surface area contributed by atoms with Crippen LogP contribution in [0, 0.1) is 5.82 Å². The van der Waals surface area contributed by atoms with Gasteiger partial charge in [-0.25, -0.2) is 9.37 Å². The molecule has 0 fully saturated rings. The fourth-order valence-electron chi connectivity index (χ4n) is 2.60. The molecular weight excluding hydrogens is 335 g/mol. The van der Waals surface area contributed by atoms with Crippen LogP contribution in [-0.4, -0.2) is 23.4 Å². The standard InChI is InChI=1S/C18H17FN6O/c1-26-12-8-6-11(7-9-12)21-17-20-10-15-16(24-17)25-18(23-15)22-14-5-3-2-4-13(14)19/h2-10,18,22-23H,1H3,(H2,20,21,24,25). The van der Waals surface area contributed by atoms with Gasteiger partial charge < -0.3 is 26.0 Å². The molecule has 132 valence electrons. The van der Waals surface area contributed by atoms with Gasteiger partial charge in [-0.05, 0) is 36.4 Å². The Labute approximate surface area is 149 Å². The molecule has 1 unspecified atom stereocenters. The molecule has 2 aromatic carbocycles. The largest absolute Gasteiger partial charge is 0.497 e. The van der Waals surface area contributed by atoms with Crippen LogP contribution in [0.3, 0.4) is 0 Å². The van der Waals surface area contributed by atoms with E-state index in [4.69, 9.17) is 4.74 Å². The molecule has 7 nitrogen and oxygen atoms in total. The molecule has 4 N–H and O–H groups in total. The summed E-state index contributed by atoms with van der Waals surface area (Å²) >= 11 is 0. The minimum atomic E-state index is -0.382. The lowest BCUT2D eigenvalue weighted by molar-refractivity contribution is 0.415. The van der Waals surface area contributed by atoms with E-state index in [1.165, 1.54) is 6.07 Å². The number of aromatic nitrogens is 2. The first-order chi connectivity index (χ1) is 12.7. The molecule has 8 heteroatoms. The number of fused-ring (bicyclic) bond motifs is 1. The molecule has 0 amide bonds. The Kier molecular flexibility index (Phi) is 4.14. The maximum atomic E-state index is 13.8. The number of anilines is 5. The van der Waals surface area contributed by atoms with Crippen molar-refractivity contribution in [3.05, 3.63) is 60.5 Å². The van der Waals surface area contributed by atoms with Gasteiger partial charge in [-0.1, -0.05) is 12.1 Å². The number of ether oxygens (including phenoxy) is 1. The van der Waals surface area contributed by atoms with Crippen molar-refractivity contribution < 1.29 is 9.13 Å². The highest BCUT2D eigenvalue weighted by Crippen LogP contribution is 2.28. The van der Waals surface area contributed by atoms with Crippen LogP contribution in [0.2, 0.25) is 0 Å². The summed E-state index contributed by atoms with van der Waals surface area (Å²) in [4.78, 5) is 8.73. The summed E-state index contributed by atoms with van der Waals surface area (Å²) in [5.74, 6) is 1.54. The van der Waals surface area contributed by atoms with Crippen molar-refractivity contribution in [2.75, 3.05) is 28.4 Å². The van der Waals surface area contributed by atoms with Crippen LogP contribution in [0.4, 0.5) is 33.2 Å². The maximum Gasteiger partial charge on any atom is 0.229 e. The first-order valence-electron chi connectivity index (χ1n) is 8.03. The van der Waals surface area contributed by atoms with Gasteiger partial charge in [0.2, 0.25) is 5.95 Å². The third-order valence-electron chi connectivity index (χ3n) is 3.89. The Bertz CT molecular complexity index is 918. The maximum absolute atomic E-state index is 13.8. The number of rotatable bonds is 5. The number of methoxy groups -OCH3 is 1. The van der Waals surface area contributed by atoms with Crippen LogP contribution in [-0.2, 0) is 0 Å². The summed E-state index contributed by atoms with van der Waals surface area (Å²) in [6, 6.07) is 13.9. The average Bonchev–Trinajstić information content (AvgIpc) is 3.06. The zero-order chi connectivity index (χ0) is 17.9. The summed E-state index contributed by atoms with van der Waals surface area (Å²) in [7, 11) is 1.62. The Balaban J connectivity index is 1.45. The number of benzene rings is 2. The van der Waals surface area contributed by atoms with Crippen LogP contribution < -0.4 is 26.0 Å². The zero-order valence-electron chi connectivity index (χ0n) is 14.0. The highest BCUT2D eigenvalue weighted by Gasteiger charge is 2.22. The molecule has 1 aromatic heterocycles. The van der Waals surface area contributed by atoms with Crippen molar-refractivity contribution in [1.82, 2.24) is 9.97 Å². The van der Waals surface area contributed by atoms with Crippen LogP contribution in [0.15, 0.2) is 54.7 Å². The van der Waals surface area contributed by atoms with E-state index in [1.807, 2.05) is 24.3 Å². The first-order valence-corrected chi connectivity index (χ1v) is 8.03. The number of nitrogens with one attached hydrogen (secondary N) is 4. The smallest absolute Gasteiger partial charge is 0.229 e. The molecule has 0 saturated carbocycles. The number of para-hydroxylation sites is 1. The molecular formula is C18H17FN6O. The van der Waals surface area contributed by atoms with Crippen molar-refractivity contribution in [3.8, 4) is 5.75 Å². The third-order valence-corrected chi connectivity index (χ3v) is 3.89. The molecule has 2 heterocycles. The van der Waals surface area contributed by atoms with E-state index in [1.54, 1.807) is 31.5 Å². The van der Waals surface area contributed by atoms with Gasteiger partial charge in [-0.3, -0.25) is 0 Å². The van der Waals surface area contributed by atoms with Gasteiger partial charge in [0.1, 0.15) is 11.6 Å². The number of nitrogens with zero attached hydrogens (tertiary/aromatic N) is 2. The summed E-state index contributed by atoms with van der Waals surface area (Å²) in [6.07, 6.45) is 1.29. The van der Waals surface area contributed by atoms with E-state index in [0.717, 1.165) is 17.1 Å². The normalized spacial score (nSPS) is 14.8. The lowest BCUT2D eigenvalue weighted by atomic mass is 10.3. The second kappa shape index (κ2) is 6.75. The van der Waals surface area contributed by atoms with E-state index in [0.29, 0.717) is 17.5 Å². The SMILES string of the molecule is COc1ccc(Nc2ncc3c(n2)NC(Nc2ccccc2F)N3)cc1. The summed E-state index contributed by atoms with van der Waals surface area (Å²) < 4.78 is 18.9. The Morgan fingerprint density at radius 2 is 1.88 bits per heavy atom. The van der Waals surface area contributed by atoms with E-state index in [2.05, 4.69) is 31.2 Å². The van der Waals surface area contributed by atoms with Gasteiger partial charge in [0.05, 0.1) is 24.7 Å². The van der Waals surface area contributed by atoms with Crippen LogP contribution in [0.5, 0.6) is 5.75 Å². The van der Waals surface area contributed by atoms with Gasteiger partial charge in [0.15, 0.2) is 12.1 Å². The Hall–Kier alpha value is -3.55. The fraction of sp³-hybridized carbons (Fsp3) is 0.111. The van der Waals surface area contributed by atoms with E-state index < -0.39 is 0 Å². The average molecular weight is 352 g/mol. The molecule has 1 atom stereocenters. The molecule has 4 rings (SSSR count). The molecule has 1 aliphatic heterocycles.